The number of hydrogen-bond acceptors (Lipinski definition) is 3. The van der Waals surface area contributed by atoms with Crippen molar-refractivity contribution in [3.8, 4) is 0 Å². The average molecular weight is 325 g/mol. The summed E-state index contributed by atoms with van der Waals surface area (Å²) < 4.78 is 7.52. The van der Waals surface area contributed by atoms with Gasteiger partial charge in [-0.3, -0.25) is 9.48 Å². The van der Waals surface area contributed by atoms with E-state index >= 15 is 0 Å². The van der Waals surface area contributed by atoms with E-state index in [0.29, 0.717) is 13.2 Å². The maximum atomic E-state index is 12.7. The van der Waals surface area contributed by atoms with Crippen LogP contribution in [0.3, 0.4) is 0 Å². The van der Waals surface area contributed by atoms with Crippen molar-refractivity contribution in [1.82, 2.24) is 15.1 Å². The molecular formula is C19H23N3O2. The number of hydrogen-bond donors (Lipinski definition) is 1. The average Bonchev–Trinajstić information content (AvgIpc) is 3.38. The lowest BCUT2D eigenvalue weighted by molar-refractivity contribution is -0.123. The predicted molar refractivity (Wildman–Crippen MR) is 90.6 cm³/mol. The summed E-state index contributed by atoms with van der Waals surface area (Å²) in [6.45, 7) is 2.03. The normalized spacial score (nSPS) is 18.0. The van der Waals surface area contributed by atoms with Gasteiger partial charge in [0.2, 0.25) is 5.91 Å². The minimum Gasteiger partial charge on any atom is -0.376 e. The fourth-order valence-electron chi connectivity index (χ4n) is 3.68. The molecule has 0 spiro atoms. The van der Waals surface area contributed by atoms with Crippen LogP contribution >= 0.6 is 0 Å². The lowest BCUT2D eigenvalue weighted by atomic mass is 9.95. The molecular weight excluding hydrogens is 302 g/mol. The molecule has 24 heavy (non-hydrogen) atoms. The van der Waals surface area contributed by atoms with Crippen LogP contribution in [-0.4, -0.2) is 28.8 Å². The molecule has 1 amide bonds. The lowest BCUT2D eigenvalue weighted by Gasteiger charge is -2.16. The second-order valence-corrected chi connectivity index (χ2v) is 6.75. The van der Waals surface area contributed by atoms with Gasteiger partial charge in [0, 0.05) is 37.7 Å². The van der Waals surface area contributed by atoms with E-state index in [1.807, 2.05) is 29.9 Å². The summed E-state index contributed by atoms with van der Waals surface area (Å²) in [4.78, 5) is 12.7. The maximum absolute atomic E-state index is 12.7. The monoisotopic (exact) mass is 325 g/mol. The number of ether oxygens (including phenoxy) is 1. The van der Waals surface area contributed by atoms with Crippen molar-refractivity contribution in [3.63, 3.8) is 0 Å². The Bertz CT molecular complexity index is 747. The molecule has 4 rings (SSSR count). The molecule has 0 saturated heterocycles. The first-order valence-electron chi connectivity index (χ1n) is 8.66. The molecule has 2 aromatic rings. The van der Waals surface area contributed by atoms with Gasteiger partial charge < -0.3 is 10.1 Å². The van der Waals surface area contributed by atoms with Crippen LogP contribution in [0.25, 0.3) is 0 Å². The first kappa shape index (κ1) is 15.4. The van der Waals surface area contributed by atoms with E-state index < -0.39 is 0 Å². The number of carbonyl (C=O) groups is 1. The number of amides is 1. The second-order valence-electron chi connectivity index (χ2n) is 6.75. The van der Waals surface area contributed by atoms with Crippen LogP contribution < -0.4 is 5.32 Å². The van der Waals surface area contributed by atoms with Gasteiger partial charge in [0.15, 0.2) is 0 Å². The predicted octanol–water partition coefficient (Wildman–Crippen LogP) is 1.88. The second kappa shape index (κ2) is 6.06. The third-order valence-corrected chi connectivity index (χ3v) is 5.25. The van der Waals surface area contributed by atoms with Gasteiger partial charge in [-0.05, 0) is 18.4 Å². The molecule has 1 aromatic heterocycles. The molecule has 0 bridgehead atoms. The molecule has 1 aliphatic heterocycles. The van der Waals surface area contributed by atoms with Crippen molar-refractivity contribution >= 4 is 5.91 Å². The van der Waals surface area contributed by atoms with Gasteiger partial charge in [-0.15, -0.1) is 0 Å². The van der Waals surface area contributed by atoms with Crippen LogP contribution in [-0.2, 0) is 41.4 Å². The molecule has 126 valence electrons. The summed E-state index contributed by atoms with van der Waals surface area (Å²) >= 11 is 0. The number of aryl methyl sites for hydroxylation is 1. The summed E-state index contributed by atoms with van der Waals surface area (Å²) in [5.41, 5.74) is 4.37. The number of carbonyl (C=O) groups excluding carboxylic acids is 1. The molecule has 0 unspecified atom stereocenters. The molecule has 2 heterocycles. The molecule has 1 aromatic carbocycles. The summed E-state index contributed by atoms with van der Waals surface area (Å²) in [5.74, 6) is 0.148. The maximum Gasteiger partial charge on any atom is 0.230 e. The molecule has 5 nitrogen and oxygen atoms in total. The standard InChI is InChI=1S/C19H23N3O2/c1-22-17-8-12-24-13-15(17)16(21-22)7-11-20-18(23)19(9-10-19)14-5-3-2-4-6-14/h2-6H,7-13H2,1H3,(H,20,23). The van der Waals surface area contributed by atoms with Gasteiger partial charge in [-0.1, -0.05) is 30.3 Å². The number of aromatic nitrogens is 2. The van der Waals surface area contributed by atoms with Crippen molar-refractivity contribution in [1.29, 1.82) is 0 Å². The third kappa shape index (κ3) is 2.63. The summed E-state index contributed by atoms with van der Waals surface area (Å²) in [6.07, 6.45) is 3.55. The van der Waals surface area contributed by atoms with Crippen LogP contribution in [0.1, 0.15) is 35.4 Å². The molecule has 2 aliphatic rings. The highest BCUT2D eigenvalue weighted by Gasteiger charge is 2.50. The molecule has 1 saturated carbocycles. The van der Waals surface area contributed by atoms with Gasteiger partial charge in [0.1, 0.15) is 0 Å². The van der Waals surface area contributed by atoms with Gasteiger partial charge in [-0.25, -0.2) is 0 Å². The smallest absolute Gasteiger partial charge is 0.230 e. The van der Waals surface area contributed by atoms with Gasteiger partial charge in [0.05, 0.1) is 24.3 Å². The van der Waals surface area contributed by atoms with Gasteiger partial charge in [-0.2, -0.15) is 5.10 Å². The van der Waals surface area contributed by atoms with Crippen LogP contribution in [0.5, 0.6) is 0 Å². The number of nitrogens with one attached hydrogen (secondary N) is 1. The fraction of sp³-hybridized carbons (Fsp3) is 0.474. The highest BCUT2D eigenvalue weighted by atomic mass is 16.5. The van der Waals surface area contributed by atoms with E-state index in [-0.39, 0.29) is 11.3 Å². The SMILES string of the molecule is Cn1nc(CCNC(=O)C2(c3ccccc3)CC2)c2c1CCOC2. The van der Waals surface area contributed by atoms with Crippen LogP contribution in [0.15, 0.2) is 30.3 Å². The zero-order valence-corrected chi connectivity index (χ0v) is 14.0. The Kier molecular flexibility index (Phi) is 3.88. The largest absolute Gasteiger partial charge is 0.376 e. The Morgan fingerprint density at radius 1 is 1.33 bits per heavy atom. The lowest BCUT2D eigenvalue weighted by Crippen LogP contribution is -2.36. The van der Waals surface area contributed by atoms with Crippen molar-refractivity contribution in [2.24, 2.45) is 7.05 Å². The first-order chi connectivity index (χ1) is 11.7. The summed E-state index contributed by atoms with van der Waals surface area (Å²) in [6, 6.07) is 10.1. The Balaban J connectivity index is 1.39. The molecule has 0 radical (unpaired) electrons. The van der Waals surface area contributed by atoms with Gasteiger partial charge >= 0.3 is 0 Å². The third-order valence-electron chi connectivity index (χ3n) is 5.25. The summed E-state index contributed by atoms with van der Waals surface area (Å²) in [7, 11) is 1.99. The van der Waals surface area contributed by atoms with E-state index in [1.165, 1.54) is 11.3 Å². The number of benzene rings is 1. The van der Waals surface area contributed by atoms with E-state index in [2.05, 4.69) is 22.5 Å². The Morgan fingerprint density at radius 2 is 2.12 bits per heavy atom. The minimum absolute atomic E-state index is 0.148. The van der Waals surface area contributed by atoms with Crippen molar-refractivity contribution in [3.05, 3.63) is 52.8 Å². The molecule has 1 aliphatic carbocycles. The highest BCUT2D eigenvalue weighted by Crippen LogP contribution is 2.48. The molecule has 5 heteroatoms. The van der Waals surface area contributed by atoms with Crippen molar-refractivity contribution in [2.45, 2.75) is 37.7 Å². The Labute approximate surface area is 142 Å². The molecule has 1 N–H and O–H groups in total. The van der Waals surface area contributed by atoms with E-state index in [0.717, 1.165) is 43.5 Å². The summed E-state index contributed by atoms with van der Waals surface area (Å²) in [5, 5.41) is 7.73. The van der Waals surface area contributed by atoms with Crippen molar-refractivity contribution in [2.75, 3.05) is 13.2 Å². The van der Waals surface area contributed by atoms with E-state index in [1.54, 1.807) is 0 Å². The highest BCUT2D eigenvalue weighted by molar-refractivity contribution is 5.91. The molecule has 1 fully saturated rings. The Hall–Kier alpha value is -2.14. The van der Waals surface area contributed by atoms with Crippen molar-refractivity contribution < 1.29 is 9.53 Å². The topological polar surface area (TPSA) is 56.2 Å². The fourth-order valence-corrected chi connectivity index (χ4v) is 3.68. The molecule has 0 atom stereocenters. The van der Waals surface area contributed by atoms with E-state index in [9.17, 15) is 4.79 Å². The number of nitrogens with zero attached hydrogens (tertiary/aromatic N) is 2. The zero-order chi connectivity index (χ0) is 16.6. The number of fused-ring (bicyclic) bond motifs is 1. The van der Waals surface area contributed by atoms with Crippen LogP contribution in [0.4, 0.5) is 0 Å². The van der Waals surface area contributed by atoms with Crippen LogP contribution in [0.2, 0.25) is 0 Å². The van der Waals surface area contributed by atoms with Crippen LogP contribution in [0, 0.1) is 0 Å². The Morgan fingerprint density at radius 3 is 2.88 bits per heavy atom. The van der Waals surface area contributed by atoms with Gasteiger partial charge in [0.25, 0.3) is 0 Å². The zero-order valence-electron chi connectivity index (χ0n) is 14.0. The quantitative estimate of drug-likeness (QED) is 0.913. The minimum atomic E-state index is -0.298. The number of rotatable bonds is 5. The van der Waals surface area contributed by atoms with E-state index in [4.69, 9.17) is 4.74 Å². The first-order valence-corrected chi connectivity index (χ1v) is 8.66.